The van der Waals surface area contributed by atoms with E-state index in [4.69, 9.17) is 12.2 Å². The van der Waals surface area contributed by atoms with Crippen LogP contribution in [0.15, 0.2) is 0 Å². The van der Waals surface area contributed by atoms with Gasteiger partial charge in [-0.05, 0) is 31.5 Å². The Morgan fingerprint density at radius 3 is 2.52 bits per heavy atom. The van der Waals surface area contributed by atoms with E-state index in [0.717, 1.165) is 31.5 Å². The molecule has 25 heavy (non-hydrogen) atoms. The smallest absolute Gasteiger partial charge is 0.240 e. The first-order valence-electron chi connectivity index (χ1n) is 8.95. The molecule has 0 aliphatic carbocycles. The molecule has 2 amide bonds. The first-order chi connectivity index (χ1) is 11.7. The molecule has 1 fully saturated rings. The predicted molar refractivity (Wildman–Crippen MR) is 98.6 cm³/mol. The van der Waals surface area contributed by atoms with Crippen molar-refractivity contribution in [1.82, 2.24) is 25.0 Å². The second-order valence-electron chi connectivity index (χ2n) is 7.67. The van der Waals surface area contributed by atoms with Crippen LogP contribution in [0.25, 0.3) is 0 Å². The number of hydrogen-bond acceptors (Lipinski definition) is 4. The number of H-pyrrole nitrogens is 1. The molecule has 1 saturated heterocycles. The second kappa shape index (κ2) is 8.12. The number of carbonyl (C=O) groups is 2. The minimum absolute atomic E-state index is 0.0598. The number of amides is 2. The molecule has 2 N–H and O–H groups in total. The van der Waals surface area contributed by atoms with E-state index in [1.165, 1.54) is 0 Å². The standard InChI is InChI=1S/C17H29N5O2S/c1-5-6-13-19-20-16(25)22(13)11-14(23)18-12-7-9-21(10-8-12)15(24)17(2,3)4/h12H,5-11H2,1-4H3,(H,18,23)(H,20,25). The monoisotopic (exact) mass is 367 g/mol. The molecule has 8 heteroatoms. The summed E-state index contributed by atoms with van der Waals surface area (Å²) in [5.74, 6) is 0.926. The molecule has 2 heterocycles. The van der Waals surface area contributed by atoms with E-state index < -0.39 is 0 Å². The summed E-state index contributed by atoms with van der Waals surface area (Å²) in [6, 6.07) is 0.104. The molecule has 0 spiro atoms. The van der Waals surface area contributed by atoms with Gasteiger partial charge in [0, 0.05) is 31.0 Å². The number of aromatic amines is 1. The van der Waals surface area contributed by atoms with E-state index in [0.29, 0.717) is 17.9 Å². The number of carbonyl (C=O) groups excluding carboxylic acids is 2. The Balaban J connectivity index is 1.86. The van der Waals surface area contributed by atoms with Crippen molar-refractivity contribution in [2.45, 2.75) is 66.0 Å². The van der Waals surface area contributed by atoms with Crippen molar-refractivity contribution in [3.63, 3.8) is 0 Å². The molecule has 0 unspecified atom stereocenters. The van der Waals surface area contributed by atoms with Crippen molar-refractivity contribution in [2.24, 2.45) is 5.41 Å². The maximum atomic E-state index is 12.4. The maximum Gasteiger partial charge on any atom is 0.240 e. The van der Waals surface area contributed by atoms with E-state index in [9.17, 15) is 9.59 Å². The summed E-state index contributed by atoms with van der Waals surface area (Å²) in [4.78, 5) is 26.6. The highest BCUT2D eigenvalue weighted by Gasteiger charge is 2.30. The molecule has 0 bridgehead atoms. The molecule has 140 valence electrons. The zero-order valence-electron chi connectivity index (χ0n) is 15.6. The lowest BCUT2D eigenvalue weighted by Crippen LogP contribution is -2.49. The van der Waals surface area contributed by atoms with Crippen LogP contribution in [0.5, 0.6) is 0 Å². The van der Waals surface area contributed by atoms with Crippen molar-refractivity contribution in [3.05, 3.63) is 10.6 Å². The summed E-state index contributed by atoms with van der Waals surface area (Å²) in [5, 5.41) is 10.0. The Morgan fingerprint density at radius 2 is 1.96 bits per heavy atom. The number of nitrogens with one attached hydrogen (secondary N) is 2. The van der Waals surface area contributed by atoms with Crippen molar-refractivity contribution < 1.29 is 9.59 Å². The van der Waals surface area contributed by atoms with Gasteiger partial charge in [0.25, 0.3) is 0 Å². The van der Waals surface area contributed by atoms with Crippen molar-refractivity contribution in [2.75, 3.05) is 13.1 Å². The van der Waals surface area contributed by atoms with Gasteiger partial charge in [0.15, 0.2) is 4.77 Å². The van der Waals surface area contributed by atoms with Crippen LogP contribution in [0.4, 0.5) is 0 Å². The summed E-state index contributed by atoms with van der Waals surface area (Å²) in [6.07, 6.45) is 3.30. The summed E-state index contributed by atoms with van der Waals surface area (Å²) in [7, 11) is 0. The fourth-order valence-corrected chi connectivity index (χ4v) is 3.26. The van der Waals surface area contributed by atoms with Crippen molar-refractivity contribution >= 4 is 24.0 Å². The Kier molecular flexibility index (Phi) is 6.37. The van der Waals surface area contributed by atoms with Crippen LogP contribution in [0, 0.1) is 10.2 Å². The Hall–Kier alpha value is -1.70. The van der Waals surface area contributed by atoms with Crippen LogP contribution in [0.1, 0.15) is 52.8 Å². The van der Waals surface area contributed by atoms with Gasteiger partial charge in [-0.25, -0.2) is 0 Å². The third kappa shape index (κ3) is 5.14. The van der Waals surface area contributed by atoms with Gasteiger partial charge in [-0.3, -0.25) is 19.3 Å². The Morgan fingerprint density at radius 1 is 1.32 bits per heavy atom. The molecule has 1 aliphatic heterocycles. The molecule has 2 rings (SSSR count). The van der Waals surface area contributed by atoms with Gasteiger partial charge in [-0.15, -0.1) is 0 Å². The third-order valence-corrected chi connectivity index (χ3v) is 4.71. The lowest BCUT2D eigenvalue weighted by atomic mass is 9.93. The summed E-state index contributed by atoms with van der Waals surface area (Å²) in [5.41, 5.74) is -0.358. The molecule has 0 saturated carbocycles. The highest BCUT2D eigenvalue weighted by Crippen LogP contribution is 2.21. The minimum Gasteiger partial charge on any atom is -0.352 e. The number of rotatable bonds is 5. The number of piperidine rings is 1. The van der Waals surface area contributed by atoms with E-state index >= 15 is 0 Å². The summed E-state index contributed by atoms with van der Waals surface area (Å²) >= 11 is 5.21. The SMILES string of the molecule is CCCc1n[nH]c(=S)n1CC(=O)NC1CCN(C(=O)C(C)(C)C)CC1. The van der Waals surface area contributed by atoms with Gasteiger partial charge in [0.2, 0.25) is 11.8 Å². The number of aromatic nitrogens is 3. The summed E-state index contributed by atoms with van der Waals surface area (Å²) in [6.45, 7) is 9.43. The van der Waals surface area contributed by atoms with Gasteiger partial charge in [0.1, 0.15) is 12.4 Å². The largest absolute Gasteiger partial charge is 0.352 e. The average Bonchev–Trinajstić information content (AvgIpc) is 2.87. The van der Waals surface area contributed by atoms with Crippen LogP contribution in [-0.4, -0.2) is 50.6 Å². The van der Waals surface area contributed by atoms with Crippen molar-refractivity contribution in [1.29, 1.82) is 0 Å². The van der Waals surface area contributed by atoms with E-state index in [2.05, 4.69) is 22.4 Å². The molecule has 0 atom stereocenters. The molecule has 0 aromatic carbocycles. The first-order valence-corrected chi connectivity index (χ1v) is 9.36. The topological polar surface area (TPSA) is 83.0 Å². The molecule has 1 aromatic heterocycles. The molecular formula is C17H29N5O2S. The number of aryl methyl sites for hydroxylation is 1. The molecular weight excluding hydrogens is 338 g/mol. The van der Waals surface area contributed by atoms with Gasteiger partial charge in [0.05, 0.1) is 0 Å². The van der Waals surface area contributed by atoms with Crippen LogP contribution in [0.2, 0.25) is 0 Å². The number of nitrogens with zero attached hydrogens (tertiary/aromatic N) is 3. The van der Waals surface area contributed by atoms with Crippen molar-refractivity contribution in [3.8, 4) is 0 Å². The van der Waals surface area contributed by atoms with Crippen LogP contribution >= 0.6 is 12.2 Å². The summed E-state index contributed by atoms with van der Waals surface area (Å²) < 4.78 is 2.23. The Labute approximate surface area is 154 Å². The molecule has 0 radical (unpaired) electrons. The number of hydrogen-bond donors (Lipinski definition) is 2. The Bertz CT molecular complexity index is 665. The zero-order valence-corrected chi connectivity index (χ0v) is 16.4. The van der Waals surface area contributed by atoms with Crippen LogP contribution < -0.4 is 5.32 Å². The molecule has 7 nitrogen and oxygen atoms in total. The zero-order chi connectivity index (χ0) is 18.6. The fraction of sp³-hybridized carbons (Fsp3) is 0.765. The minimum atomic E-state index is -0.358. The van der Waals surface area contributed by atoms with Gasteiger partial charge >= 0.3 is 0 Å². The quantitative estimate of drug-likeness (QED) is 0.780. The number of likely N-dealkylation sites (tertiary alicyclic amines) is 1. The highest BCUT2D eigenvalue weighted by molar-refractivity contribution is 7.71. The third-order valence-electron chi connectivity index (χ3n) is 4.40. The predicted octanol–water partition coefficient (Wildman–Crippen LogP) is 2.05. The van der Waals surface area contributed by atoms with Crippen LogP contribution in [-0.2, 0) is 22.6 Å². The second-order valence-corrected chi connectivity index (χ2v) is 8.05. The fourth-order valence-electron chi connectivity index (χ4n) is 3.05. The first kappa shape index (κ1) is 19.6. The van der Waals surface area contributed by atoms with E-state index in [1.54, 1.807) is 4.57 Å². The lowest BCUT2D eigenvalue weighted by molar-refractivity contribution is -0.140. The highest BCUT2D eigenvalue weighted by atomic mass is 32.1. The molecule has 1 aromatic rings. The van der Waals surface area contributed by atoms with Gasteiger partial charge in [-0.1, -0.05) is 27.7 Å². The van der Waals surface area contributed by atoms with Crippen LogP contribution in [0.3, 0.4) is 0 Å². The van der Waals surface area contributed by atoms with E-state index in [1.807, 2.05) is 25.7 Å². The maximum absolute atomic E-state index is 12.4. The average molecular weight is 368 g/mol. The molecule has 1 aliphatic rings. The normalized spacial score (nSPS) is 16.1. The van der Waals surface area contributed by atoms with Gasteiger partial charge < -0.3 is 10.2 Å². The van der Waals surface area contributed by atoms with Gasteiger partial charge in [-0.2, -0.15) is 5.10 Å². The lowest BCUT2D eigenvalue weighted by Gasteiger charge is -2.36. The van der Waals surface area contributed by atoms with E-state index in [-0.39, 0.29) is 29.8 Å².